The van der Waals surface area contributed by atoms with Crippen molar-refractivity contribution in [3.05, 3.63) is 30.1 Å². The summed E-state index contributed by atoms with van der Waals surface area (Å²) < 4.78 is 0. The predicted octanol–water partition coefficient (Wildman–Crippen LogP) is 0.655. The van der Waals surface area contributed by atoms with E-state index >= 15 is 0 Å². The maximum Gasteiger partial charge on any atom is 0.242 e. The van der Waals surface area contributed by atoms with Gasteiger partial charge < -0.3 is 10.6 Å². The van der Waals surface area contributed by atoms with Gasteiger partial charge in [0.2, 0.25) is 11.8 Å². The number of carbonyl (C=O) groups is 2. The first-order valence-electron chi connectivity index (χ1n) is 6.09. The van der Waals surface area contributed by atoms with E-state index in [1.165, 1.54) is 0 Å². The highest BCUT2D eigenvalue weighted by Crippen LogP contribution is 1.95. The molecule has 0 saturated carbocycles. The molecular weight excluding hydrogens is 230 g/mol. The van der Waals surface area contributed by atoms with E-state index in [-0.39, 0.29) is 11.8 Å². The van der Waals surface area contributed by atoms with E-state index in [1.54, 1.807) is 26.2 Å². The average molecular weight is 249 g/mol. The molecule has 18 heavy (non-hydrogen) atoms. The highest BCUT2D eigenvalue weighted by atomic mass is 16.2. The Morgan fingerprint density at radius 3 is 2.83 bits per heavy atom. The minimum absolute atomic E-state index is 0.120. The molecule has 0 bridgehead atoms. The van der Waals surface area contributed by atoms with Crippen LogP contribution in [-0.2, 0) is 16.0 Å². The summed E-state index contributed by atoms with van der Waals surface area (Å²) in [6.07, 6.45) is 4.60. The maximum absolute atomic E-state index is 11.6. The number of carbonyl (C=O) groups excluding carboxylic acids is 2. The lowest BCUT2D eigenvalue weighted by Crippen LogP contribution is -2.45. The van der Waals surface area contributed by atoms with Gasteiger partial charge in [-0.2, -0.15) is 0 Å². The van der Waals surface area contributed by atoms with E-state index in [2.05, 4.69) is 15.6 Å². The first kappa shape index (κ1) is 14.2. The van der Waals surface area contributed by atoms with E-state index in [1.807, 2.05) is 12.1 Å². The average Bonchev–Trinajstić information content (AvgIpc) is 2.39. The molecule has 1 atom stereocenters. The summed E-state index contributed by atoms with van der Waals surface area (Å²) in [6.45, 7) is 3.96. The van der Waals surface area contributed by atoms with E-state index in [0.29, 0.717) is 13.0 Å². The van der Waals surface area contributed by atoms with E-state index in [9.17, 15) is 9.59 Å². The number of pyridine rings is 1. The Morgan fingerprint density at radius 2 is 2.22 bits per heavy atom. The van der Waals surface area contributed by atoms with Crippen LogP contribution < -0.4 is 10.6 Å². The molecule has 1 heterocycles. The molecule has 5 heteroatoms. The number of nitrogens with one attached hydrogen (secondary N) is 2. The zero-order valence-corrected chi connectivity index (χ0v) is 10.8. The van der Waals surface area contributed by atoms with Gasteiger partial charge in [-0.15, -0.1) is 0 Å². The van der Waals surface area contributed by atoms with E-state index in [0.717, 1.165) is 12.0 Å². The Kier molecular flexibility index (Phi) is 5.84. The molecule has 0 aliphatic heterocycles. The Labute approximate surface area is 107 Å². The Hall–Kier alpha value is -1.91. The standard InChI is InChI=1S/C13H19N3O2/c1-3-12(17)16-10(2)13(18)15-8-6-11-5-4-7-14-9-11/h4-5,7,9-10H,3,6,8H2,1-2H3,(H,15,18)(H,16,17). The third kappa shape index (κ3) is 4.95. The van der Waals surface area contributed by atoms with Crippen molar-refractivity contribution in [2.75, 3.05) is 6.54 Å². The van der Waals surface area contributed by atoms with Gasteiger partial charge in [0, 0.05) is 25.4 Å². The van der Waals surface area contributed by atoms with Crippen LogP contribution in [0.4, 0.5) is 0 Å². The van der Waals surface area contributed by atoms with Crippen LogP contribution in [0.3, 0.4) is 0 Å². The number of aromatic nitrogens is 1. The largest absolute Gasteiger partial charge is 0.354 e. The summed E-state index contributed by atoms with van der Waals surface area (Å²) in [5.41, 5.74) is 1.07. The summed E-state index contributed by atoms with van der Waals surface area (Å²) >= 11 is 0. The maximum atomic E-state index is 11.6. The molecule has 1 aromatic rings. The lowest BCUT2D eigenvalue weighted by molar-refractivity contribution is -0.128. The lowest BCUT2D eigenvalue weighted by Gasteiger charge is -2.13. The summed E-state index contributed by atoms with van der Waals surface area (Å²) in [7, 11) is 0. The van der Waals surface area contributed by atoms with Gasteiger partial charge in [0.05, 0.1) is 0 Å². The molecule has 5 nitrogen and oxygen atoms in total. The molecule has 2 amide bonds. The molecule has 1 aromatic heterocycles. The van der Waals surface area contributed by atoms with E-state index in [4.69, 9.17) is 0 Å². The Balaban J connectivity index is 2.26. The van der Waals surface area contributed by atoms with Crippen molar-refractivity contribution in [1.82, 2.24) is 15.6 Å². The van der Waals surface area contributed by atoms with Crippen LogP contribution in [0.15, 0.2) is 24.5 Å². The summed E-state index contributed by atoms with van der Waals surface area (Å²) in [4.78, 5) is 26.8. The van der Waals surface area contributed by atoms with Crippen LogP contribution in [0.2, 0.25) is 0 Å². The van der Waals surface area contributed by atoms with Gasteiger partial charge in [0.15, 0.2) is 0 Å². The quantitative estimate of drug-likeness (QED) is 0.778. The molecule has 0 saturated heterocycles. The summed E-state index contributed by atoms with van der Waals surface area (Å²) in [6, 6.07) is 3.33. The molecule has 0 radical (unpaired) electrons. The zero-order valence-electron chi connectivity index (χ0n) is 10.8. The molecule has 1 unspecified atom stereocenters. The summed E-state index contributed by atoms with van der Waals surface area (Å²) in [5.74, 6) is -0.286. The first-order chi connectivity index (χ1) is 8.63. The topological polar surface area (TPSA) is 71.1 Å². The Morgan fingerprint density at radius 1 is 1.44 bits per heavy atom. The molecule has 98 valence electrons. The number of hydrogen-bond donors (Lipinski definition) is 2. The van der Waals surface area contributed by atoms with Crippen molar-refractivity contribution in [1.29, 1.82) is 0 Å². The van der Waals surface area contributed by atoms with Crippen LogP contribution in [0.1, 0.15) is 25.8 Å². The van der Waals surface area contributed by atoms with Crippen LogP contribution in [0.25, 0.3) is 0 Å². The van der Waals surface area contributed by atoms with Crippen molar-refractivity contribution in [3.63, 3.8) is 0 Å². The summed E-state index contributed by atoms with van der Waals surface area (Å²) in [5, 5.41) is 5.39. The van der Waals surface area contributed by atoms with Crippen molar-refractivity contribution in [2.24, 2.45) is 0 Å². The fraction of sp³-hybridized carbons (Fsp3) is 0.462. The second-order valence-electron chi connectivity index (χ2n) is 4.05. The molecule has 0 aliphatic carbocycles. The second-order valence-corrected chi connectivity index (χ2v) is 4.05. The fourth-order valence-corrected chi connectivity index (χ4v) is 1.44. The number of rotatable bonds is 6. The zero-order chi connectivity index (χ0) is 13.4. The van der Waals surface area contributed by atoms with Gasteiger partial charge in [0.1, 0.15) is 6.04 Å². The normalized spacial score (nSPS) is 11.7. The van der Waals surface area contributed by atoms with Crippen LogP contribution in [0.5, 0.6) is 0 Å². The van der Waals surface area contributed by atoms with Crippen molar-refractivity contribution in [2.45, 2.75) is 32.7 Å². The molecule has 0 fully saturated rings. The van der Waals surface area contributed by atoms with Crippen LogP contribution in [0, 0.1) is 0 Å². The van der Waals surface area contributed by atoms with Crippen LogP contribution >= 0.6 is 0 Å². The smallest absolute Gasteiger partial charge is 0.242 e. The van der Waals surface area contributed by atoms with Gasteiger partial charge >= 0.3 is 0 Å². The predicted molar refractivity (Wildman–Crippen MR) is 68.8 cm³/mol. The van der Waals surface area contributed by atoms with Gasteiger partial charge in [-0.1, -0.05) is 13.0 Å². The number of nitrogens with zero attached hydrogens (tertiary/aromatic N) is 1. The number of amides is 2. The number of hydrogen-bond acceptors (Lipinski definition) is 3. The van der Waals surface area contributed by atoms with Gasteiger partial charge in [0.25, 0.3) is 0 Å². The third-order valence-electron chi connectivity index (χ3n) is 2.53. The molecule has 2 N–H and O–H groups in total. The van der Waals surface area contributed by atoms with Gasteiger partial charge in [-0.3, -0.25) is 14.6 Å². The first-order valence-corrected chi connectivity index (χ1v) is 6.09. The highest BCUT2D eigenvalue weighted by Gasteiger charge is 2.13. The minimum Gasteiger partial charge on any atom is -0.354 e. The van der Waals surface area contributed by atoms with Gasteiger partial charge in [-0.25, -0.2) is 0 Å². The van der Waals surface area contributed by atoms with Crippen LogP contribution in [-0.4, -0.2) is 29.4 Å². The molecular formula is C13H19N3O2. The second kappa shape index (κ2) is 7.42. The molecule has 0 aromatic carbocycles. The van der Waals surface area contributed by atoms with Gasteiger partial charge in [-0.05, 0) is 25.0 Å². The van der Waals surface area contributed by atoms with Crippen molar-refractivity contribution in [3.8, 4) is 0 Å². The third-order valence-corrected chi connectivity index (χ3v) is 2.53. The monoisotopic (exact) mass is 249 g/mol. The fourth-order valence-electron chi connectivity index (χ4n) is 1.44. The van der Waals surface area contributed by atoms with E-state index < -0.39 is 6.04 Å². The van der Waals surface area contributed by atoms with Crippen molar-refractivity contribution < 1.29 is 9.59 Å². The Bertz CT molecular complexity index is 392. The molecule has 0 aliphatic rings. The highest BCUT2D eigenvalue weighted by molar-refractivity contribution is 5.87. The SMILES string of the molecule is CCC(=O)NC(C)C(=O)NCCc1cccnc1. The van der Waals surface area contributed by atoms with Crippen molar-refractivity contribution >= 4 is 11.8 Å². The minimum atomic E-state index is -0.494. The molecule has 0 spiro atoms. The lowest BCUT2D eigenvalue weighted by atomic mass is 10.2. The molecule has 1 rings (SSSR count).